The third-order valence-corrected chi connectivity index (χ3v) is 8.43. The molecule has 2 aliphatic heterocycles. The van der Waals surface area contributed by atoms with Crippen LogP contribution in [0.5, 0.6) is 11.5 Å². The van der Waals surface area contributed by atoms with E-state index in [1.165, 1.54) is 0 Å². The van der Waals surface area contributed by atoms with E-state index < -0.39 is 21.9 Å². The zero-order valence-corrected chi connectivity index (χ0v) is 19.4. The van der Waals surface area contributed by atoms with Crippen molar-refractivity contribution in [3.63, 3.8) is 0 Å². The number of rotatable bonds is 4. The number of hydrogen-bond acceptors (Lipinski definition) is 6. The van der Waals surface area contributed by atoms with Gasteiger partial charge in [-0.1, -0.05) is 12.1 Å². The van der Waals surface area contributed by atoms with Crippen molar-refractivity contribution in [1.29, 1.82) is 0 Å². The number of H-pyrrole nitrogens is 1. The lowest BCUT2D eigenvalue weighted by Gasteiger charge is -2.31. The van der Waals surface area contributed by atoms with Crippen molar-refractivity contribution in [1.82, 2.24) is 15.1 Å². The number of amides is 1. The van der Waals surface area contributed by atoms with Gasteiger partial charge in [-0.25, -0.2) is 8.42 Å². The first-order valence-corrected chi connectivity index (χ1v) is 12.6. The van der Waals surface area contributed by atoms with Gasteiger partial charge < -0.3 is 14.7 Å². The van der Waals surface area contributed by atoms with Crippen molar-refractivity contribution in [2.45, 2.75) is 32.4 Å². The van der Waals surface area contributed by atoms with E-state index in [2.05, 4.69) is 10.2 Å². The zero-order valence-electron chi connectivity index (χ0n) is 18.6. The van der Waals surface area contributed by atoms with Gasteiger partial charge in [0, 0.05) is 17.2 Å². The molecule has 0 spiro atoms. The third kappa shape index (κ3) is 3.47. The molecule has 3 aromatic rings. The third-order valence-electron chi connectivity index (χ3n) is 6.68. The molecule has 2 aromatic carbocycles. The number of aromatic hydroxyl groups is 1. The summed E-state index contributed by atoms with van der Waals surface area (Å²) in [7, 11) is -1.64. The number of carbonyl (C=O) groups is 1. The Morgan fingerprint density at radius 1 is 1.18 bits per heavy atom. The van der Waals surface area contributed by atoms with Crippen molar-refractivity contribution in [2.24, 2.45) is 0 Å². The molecule has 1 aromatic heterocycles. The van der Waals surface area contributed by atoms with E-state index in [0.29, 0.717) is 34.7 Å². The van der Waals surface area contributed by atoms with Crippen LogP contribution in [-0.4, -0.2) is 59.2 Å². The Kier molecular flexibility index (Phi) is 4.97. The smallest absolute Gasteiger partial charge is 0.273 e. The summed E-state index contributed by atoms with van der Waals surface area (Å²) in [5, 5.41) is 18.0. The molecule has 2 atom stereocenters. The molecule has 1 saturated heterocycles. The van der Waals surface area contributed by atoms with Crippen LogP contribution in [0.3, 0.4) is 0 Å². The number of phenols is 1. The minimum atomic E-state index is -3.21. The molecule has 5 rings (SSSR count). The summed E-state index contributed by atoms with van der Waals surface area (Å²) in [6.45, 7) is 3.87. The van der Waals surface area contributed by atoms with Gasteiger partial charge in [-0.15, -0.1) is 0 Å². The van der Waals surface area contributed by atoms with Crippen molar-refractivity contribution in [2.75, 3.05) is 18.6 Å². The van der Waals surface area contributed by atoms with Gasteiger partial charge in [-0.3, -0.25) is 9.89 Å². The lowest BCUT2D eigenvalue weighted by atomic mass is 9.93. The van der Waals surface area contributed by atoms with E-state index in [1.807, 2.05) is 44.2 Å². The Balaban J connectivity index is 1.71. The molecular weight excluding hydrogens is 442 g/mol. The van der Waals surface area contributed by atoms with Gasteiger partial charge in [-0.2, -0.15) is 5.10 Å². The summed E-state index contributed by atoms with van der Waals surface area (Å²) in [5.74, 6) is 0.407. The molecule has 0 bridgehead atoms. The monoisotopic (exact) mass is 467 g/mol. The number of hydrogen-bond donors (Lipinski definition) is 2. The predicted octanol–water partition coefficient (Wildman–Crippen LogP) is 3.14. The van der Waals surface area contributed by atoms with E-state index >= 15 is 0 Å². The maximum atomic E-state index is 13.5. The summed E-state index contributed by atoms with van der Waals surface area (Å²) in [4.78, 5) is 15.2. The molecule has 8 nitrogen and oxygen atoms in total. The molecule has 1 amide bonds. The van der Waals surface area contributed by atoms with Crippen molar-refractivity contribution in [3.05, 3.63) is 64.3 Å². The average Bonchev–Trinajstić information content (AvgIpc) is 3.44. The summed E-state index contributed by atoms with van der Waals surface area (Å²) >= 11 is 0. The Morgan fingerprint density at radius 3 is 2.64 bits per heavy atom. The number of carbonyl (C=O) groups excluding carboxylic acids is 1. The van der Waals surface area contributed by atoms with Crippen molar-refractivity contribution in [3.8, 4) is 22.8 Å². The first kappa shape index (κ1) is 21.5. The second-order valence-corrected chi connectivity index (χ2v) is 11.0. The highest BCUT2D eigenvalue weighted by Crippen LogP contribution is 2.47. The second-order valence-electron chi connectivity index (χ2n) is 8.76. The molecule has 2 N–H and O–H groups in total. The Bertz CT molecular complexity index is 1380. The van der Waals surface area contributed by atoms with Gasteiger partial charge >= 0.3 is 0 Å². The Morgan fingerprint density at radius 2 is 1.94 bits per heavy atom. The Hall–Kier alpha value is -3.33. The molecule has 2 aliphatic rings. The van der Waals surface area contributed by atoms with Crippen LogP contribution in [-0.2, 0) is 9.84 Å². The lowest BCUT2D eigenvalue weighted by Crippen LogP contribution is -2.40. The molecule has 9 heteroatoms. The minimum Gasteiger partial charge on any atom is -0.507 e. The molecule has 172 valence electrons. The van der Waals surface area contributed by atoms with E-state index in [1.54, 1.807) is 18.1 Å². The van der Waals surface area contributed by atoms with Crippen molar-refractivity contribution < 1.29 is 23.1 Å². The summed E-state index contributed by atoms with van der Waals surface area (Å²) in [6.07, 6.45) is 0.385. The molecule has 0 radical (unpaired) electrons. The van der Waals surface area contributed by atoms with Crippen LogP contribution in [0.15, 0.2) is 36.4 Å². The van der Waals surface area contributed by atoms with E-state index in [-0.39, 0.29) is 23.2 Å². The topological polar surface area (TPSA) is 113 Å². The van der Waals surface area contributed by atoms with Crippen molar-refractivity contribution >= 4 is 15.7 Å². The van der Waals surface area contributed by atoms with Crippen LogP contribution in [0.4, 0.5) is 0 Å². The number of methoxy groups -OCH3 is 1. The van der Waals surface area contributed by atoms with Crippen LogP contribution < -0.4 is 4.74 Å². The second kappa shape index (κ2) is 7.62. The number of aryl methyl sites for hydroxylation is 2. The number of fused-ring (bicyclic) bond motifs is 1. The quantitative estimate of drug-likeness (QED) is 0.610. The average molecular weight is 468 g/mol. The predicted molar refractivity (Wildman–Crippen MR) is 123 cm³/mol. The van der Waals surface area contributed by atoms with Crippen LogP contribution >= 0.6 is 0 Å². The fraction of sp³-hybridized carbons (Fsp3) is 0.333. The molecule has 0 saturated carbocycles. The number of ether oxygens (including phenoxy) is 1. The largest absolute Gasteiger partial charge is 0.507 e. The molecule has 33 heavy (non-hydrogen) atoms. The normalized spacial score (nSPS) is 21.4. The molecular formula is C24H25N3O5S. The van der Waals surface area contributed by atoms with E-state index in [4.69, 9.17) is 4.74 Å². The highest BCUT2D eigenvalue weighted by atomic mass is 32.2. The van der Waals surface area contributed by atoms with Crippen LogP contribution in [0, 0.1) is 13.8 Å². The standard InChI is InChI=1S/C24H25N3O5S/c1-13-9-18(19(28)10-14(13)2)21-20-22(26-25-21)24(29)27(16-7-8-33(30,31)12-16)23(20)15-5-4-6-17(11-15)32-3/h4-6,9-11,16,23,28H,7-8,12H2,1-3H3,(H,25,26). The molecule has 0 aliphatic carbocycles. The van der Waals surface area contributed by atoms with Crippen LogP contribution in [0.25, 0.3) is 11.3 Å². The van der Waals surface area contributed by atoms with Gasteiger partial charge in [0.2, 0.25) is 0 Å². The molecule has 3 heterocycles. The number of aromatic amines is 1. The zero-order chi connectivity index (χ0) is 23.5. The highest BCUT2D eigenvalue weighted by Gasteiger charge is 2.48. The SMILES string of the molecule is COc1cccc(C2c3c(-c4cc(C)c(C)cc4O)n[nH]c3C(=O)N2C2CCS(=O)(=O)C2)c1. The first-order valence-electron chi connectivity index (χ1n) is 10.8. The highest BCUT2D eigenvalue weighted by molar-refractivity contribution is 7.91. The maximum absolute atomic E-state index is 13.5. The number of nitrogens with zero attached hydrogens (tertiary/aromatic N) is 2. The lowest BCUT2D eigenvalue weighted by molar-refractivity contribution is 0.0677. The van der Waals surface area contributed by atoms with Crippen LogP contribution in [0.1, 0.15) is 45.2 Å². The number of aromatic nitrogens is 2. The fourth-order valence-electron chi connectivity index (χ4n) is 4.87. The van der Waals surface area contributed by atoms with Gasteiger partial charge in [0.05, 0.1) is 24.7 Å². The number of sulfone groups is 1. The minimum absolute atomic E-state index is 0.0588. The first-order chi connectivity index (χ1) is 15.7. The van der Waals surface area contributed by atoms with Gasteiger partial charge in [0.15, 0.2) is 9.84 Å². The number of nitrogens with one attached hydrogen (secondary N) is 1. The Labute approximate surface area is 192 Å². The van der Waals surface area contributed by atoms with Gasteiger partial charge in [0.25, 0.3) is 5.91 Å². The fourth-order valence-corrected chi connectivity index (χ4v) is 6.58. The molecule has 1 fully saturated rings. The van der Waals surface area contributed by atoms with Gasteiger partial charge in [-0.05, 0) is 61.2 Å². The van der Waals surface area contributed by atoms with Crippen LogP contribution in [0.2, 0.25) is 0 Å². The molecule has 2 unspecified atom stereocenters. The summed E-state index contributed by atoms with van der Waals surface area (Å²) in [6, 6.07) is 9.94. The summed E-state index contributed by atoms with van der Waals surface area (Å²) in [5.41, 5.74) is 4.68. The summed E-state index contributed by atoms with van der Waals surface area (Å²) < 4.78 is 29.9. The van der Waals surface area contributed by atoms with E-state index in [0.717, 1.165) is 16.7 Å². The van der Waals surface area contributed by atoms with Gasteiger partial charge in [0.1, 0.15) is 22.9 Å². The maximum Gasteiger partial charge on any atom is 0.273 e. The number of phenolic OH excluding ortho intramolecular Hbond substituents is 1. The van der Waals surface area contributed by atoms with E-state index in [9.17, 15) is 18.3 Å². The number of benzene rings is 2.